The summed E-state index contributed by atoms with van der Waals surface area (Å²) >= 11 is 0. The van der Waals surface area contributed by atoms with Crippen LogP contribution in [-0.4, -0.2) is 26.4 Å². The quantitative estimate of drug-likeness (QED) is 0.0838. The molecule has 0 radical (unpaired) electrons. The monoisotopic (exact) mass is 469 g/mol. The standard InChI is InChI=1S/C30H63NO2/c1-3-5-7-9-11-13-15-16-17-18-20-22-24-28-32-29-26-27-31-33-30-25-23-21-19-14-12-10-8-6-4-2/h31H,3-30H2,1-2H3. The highest BCUT2D eigenvalue weighted by Crippen LogP contribution is 2.13. The van der Waals surface area contributed by atoms with E-state index in [1.807, 2.05) is 0 Å². The van der Waals surface area contributed by atoms with Crippen LogP contribution < -0.4 is 5.48 Å². The molecule has 0 bridgehead atoms. The Morgan fingerprint density at radius 1 is 0.364 bits per heavy atom. The molecule has 0 aliphatic carbocycles. The van der Waals surface area contributed by atoms with Gasteiger partial charge in [-0.1, -0.05) is 149 Å². The van der Waals surface area contributed by atoms with Crippen molar-refractivity contribution in [1.82, 2.24) is 5.48 Å². The van der Waals surface area contributed by atoms with Crippen molar-refractivity contribution in [3.8, 4) is 0 Å². The van der Waals surface area contributed by atoms with Crippen LogP contribution >= 0.6 is 0 Å². The molecule has 0 saturated carbocycles. The fourth-order valence-corrected chi connectivity index (χ4v) is 4.38. The Morgan fingerprint density at radius 2 is 0.697 bits per heavy atom. The molecular weight excluding hydrogens is 406 g/mol. The molecular formula is C30H63NO2. The summed E-state index contributed by atoms with van der Waals surface area (Å²) in [4.78, 5) is 5.53. The molecule has 0 aromatic carbocycles. The van der Waals surface area contributed by atoms with Gasteiger partial charge in [0.1, 0.15) is 0 Å². The average molecular weight is 470 g/mol. The van der Waals surface area contributed by atoms with Crippen LogP contribution in [0.4, 0.5) is 0 Å². The minimum atomic E-state index is 0.844. The number of hydrogen-bond acceptors (Lipinski definition) is 3. The summed E-state index contributed by atoms with van der Waals surface area (Å²) in [5.74, 6) is 0. The highest BCUT2D eigenvalue weighted by molar-refractivity contribution is 4.50. The van der Waals surface area contributed by atoms with Crippen LogP contribution in [0, 0.1) is 0 Å². The molecule has 0 spiro atoms. The third-order valence-electron chi connectivity index (χ3n) is 6.66. The second-order valence-electron chi connectivity index (χ2n) is 10.1. The van der Waals surface area contributed by atoms with Gasteiger partial charge in [-0.25, -0.2) is 5.48 Å². The molecule has 0 amide bonds. The molecule has 0 aliphatic heterocycles. The fourth-order valence-electron chi connectivity index (χ4n) is 4.38. The van der Waals surface area contributed by atoms with E-state index in [1.54, 1.807) is 0 Å². The molecule has 0 atom stereocenters. The van der Waals surface area contributed by atoms with Gasteiger partial charge in [-0.3, -0.25) is 0 Å². The maximum absolute atomic E-state index is 5.75. The van der Waals surface area contributed by atoms with Crippen LogP contribution in [0.25, 0.3) is 0 Å². The lowest BCUT2D eigenvalue weighted by molar-refractivity contribution is 0.0312. The first kappa shape index (κ1) is 32.9. The molecule has 0 fully saturated rings. The molecule has 3 heteroatoms. The Balaban J connectivity index is 2.99. The van der Waals surface area contributed by atoms with Gasteiger partial charge >= 0.3 is 0 Å². The highest BCUT2D eigenvalue weighted by Gasteiger charge is 1.96. The second-order valence-corrected chi connectivity index (χ2v) is 10.1. The zero-order chi connectivity index (χ0) is 23.9. The molecule has 0 aromatic heterocycles. The predicted octanol–water partition coefficient (Wildman–Crippen LogP) is 9.93. The number of hydrogen-bond donors (Lipinski definition) is 1. The number of nitrogens with one attached hydrogen (secondary N) is 1. The molecule has 0 saturated heterocycles. The first-order valence-electron chi connectivity index (χ1n) is 15.3. The minimum absolute atomic E-state index is 0.844. The van der Waals surface area contributed by atoms with E-state index in [1.165, 1.54) is 148 Å². The van der Waals surface area contributed by atoms with Crippen molar-refractivity contribution in [2.45, 2.75) is 168 Å². The summed E-state index contributed by atoms with van der Waals surface area (Å²) in [5, 5.41) is 0. The fraction of sp³-hybridized carbons (Fsp3) is 1.00. The number of ether oxygens (including phenoxy) is 1. The van der Waals surface area contributed by atoms with Gasteiger partial charge in [0.05, 0.1) is 6.61 Å². The minimum Gasteiger partial charge on any atom is -0.381 e. The van der Waals surface area contributed by atoms with Crippen molar-refractivity contribution < 1.29 is 9.57 Å². The van der Waals surface area contributed by atoms with Crippen molar-refractivity contribution in [3.05, 3.63) is 0 Å². The van der Waals surface area contributed by atoms with E-state index in [0.29, 0.717) is 0 Å². The zero-order valence-corrected chi connectivity index (χ0v) is 23.1. The molecule has 0 unspecified atom stereocenters. The SMILES string of the molecule is CCCCCCCCCCCCCCCOCCCNOCCCCCCCCCCCC. The van der Waals surface area contributed by atoms with Crippen LogP contribution in [0.5, 0.6) is 0 Å². The number of hydroxylamine groups is 1. The molecule has 0 rings (SSSR count). The van der Waals surface area contributed by atoms with Gasteiger partial charge in [0.15, 0.2) is 0 Å². The molecule has 0 aromatic rings. The van der Waals surface area contributed by atoms with Crippen molar-refractivity contribution in [3.63, 3.8) is 0 Å². The van der Waals surface area contributed by atoms with E-state index >= 15 is 0 Å². The van der Waals surface area contributed by atoms with Gasteiger partial charge in [0, 0.05) is 19.8 Å². The Bertz CT molecular complexity index is 294. The summed E-state index contributed by atoms with van der Waals surface area (Å²) in [7, 11) is 0. The Kier molecular flexibility index (Phi) is 31.8. The van der Waals surface area contributed by atoms with Crippen molar-refractivity contribution in [2.24, 2.45) is 0 Å². The smallest absolute Gasteiger partial charge is 0.0682 e. The lowest BCUT2D eigenvalue weighted by atomic mass is 10.0. The summed E-state index contributed by atoms with van der Waals surface area (Å²) in [6.45, 7) is 8.10. The lowest BCUT2D eigenvalue weighted by Crippen LogP contribution is -2.18. The van der Waals surface area contributed by atoms with Crippen molar-refractivity contribution >= 4 is 0 Å². The topological polar surface area (TPSA) is 30.5 Å². The van der Waals surface area contributed by atoms with E-state index in [2.05, 4.69) is 19.3 Å². The largest absolute Gasteiger partial charge is 0.381 e. The molecule has 33 heavy (non-hydrogen) atoms. The third kappa shape index (κ3) is 31.9. The van der Waals surface area contributed by atoms with E-state index < -0.39 is 0 Å². The van der Waals surface area contributed by atoms with Gasteiger partial charge < -0.3 is 9.57 Å². The van der Waals surface area contributed by atoms with E-state index in [-0.39, 0.29) is 0 Å². The van der Waals surface area contributed by atoms with Gasteiger partial charge in [-0.05, 0) is 19.3 Å². The first-order valence-corrected chi connectivity index (χ1v) is 15.3. The zero-order valence-electron chi connectivity index (χ0n) is 23.1. The summed E-state index contributed by atoms with van der Waals surface area (Å²) in [6.07, 6.45) is 33.0. The third-order valence-corrected chi connectivity index (χ3v) is 6.66. The van der Waals surface area contributed by atoms with Gasteiger partial charge in [0.2, 0.25) is 0 Å². The van der Waals surface area contributed by atoms with Gasteiger partial charge in [-0.15, -0.1) is 0 Å². The number of unbranched alkanes of at least 4 members (excludes halogenated alkanes) is 21. The summed E-state index contributed by atoms with van der Waals surface area (Å²) in [5.41, 5.74) is 3.09. The van der Waals surface area contributed by atoms with Crippen LogP contribution in [0.3, 0.4) is 0 Å². The van der Waals surface area contributed by atoms with E-state index in [9.17, 15) is 0 Å². The van der Waals surface area contributed by atoms with Crippen LogP contribution in [0.2, 0.25) is 0 Å². The maximum Gasteiger partial charge on any atom is 0.0682 e. The average Bonchev–Trinajstić information content (AvgIpc) is 2.83. The van der Waals surface area contributed by atoms with Gasteiger partial charge in [0.25, 0.3) is 0 Å². The summed E-state index contributed by atoms with van der Waals surface area (Å²) in [6, 6.07) is 0. The normalized spacial score (nSPS) is 11.5. The number of rotatable bonds is 30. The molecule has 1 N–H and O–H groups in total. The van der Waals surface area contributed by atoms with E-state index in [0.717, 1.165) is 32.8 Å². The predicted molar refractivity (Wildman–Crippen MR) is 147 cm³/mol. The Morgan fingerprint density at radius 3 is 1.12 bits per heavy atom. The van der Waals surface area contributed by atoms with Crippen LogP contribution in [-0.2, 0) is 9.57 Å². The van der Waals surface area contributed by atoms with Crippen LogP contribution in [0.1, 0.15) is 168 Å². The highest BCUT2D eigenvalue weighted by atomic mass is 16.6. The van der Waals surface area contributed by atoms with Crippen LogP contribution in [0.15, 0.2) is 0 Å². The first-order chi connectivity index (χ1) is 16.4. The molecule has 0 aliphatic rings. The van der Waals surface area contributed by atoms with E-state index in [4.69, 9.17) is 9.57 Å². The second kappa shape index (κ2) is 31.9. The van der Waals surface area contributed by atoms with Crippen molar-refractivity contribution in [1.29, 1.82) is 0 Å². The molecule has 3 nitrogen and oxygen atoms in total. The maximum atomic E-state index is 5.75. The molecule has 200 valence electrons. The van der Waals surface area contributed by atoms with Gasteiger partial charge in [-0.2, -0.15) is 0 Å². The Labute approximate surface area is 209 Å². The van der Waals surface area contributed by atoms with Crippen molar-refractivity contribution in [2.75, 3.05) is 26.4 Å². The molecule has 0 heterocycles. The Hall–Kier alpha value is -0.120. The lowest BCUT2D eigenvalue weighted by Gasteiger charge is -2.07. The summed E-state index contributed by atoms with van der Waals surface area (Å²) < 4.78 is 5.75.